The number of hydrogen-bond donors (Lipinski definition) is 1. The second kappa shape index (κ2) is 8.94. The molecule has 4 aromatic rings. The third-order valence-corrected chi connectivity index (χ3v) is 5.78. The lowest BCUT2D eigenvalue weighted by Gasteiger charge is -2.14. The molecule has 7 nitrogen and oxygen atoms in total. The van der Waals surface area contributed by atoms with Crippen molar-refractivity contribution >= 4 is 33.9 Å². The van der Waals surface area contributed by atoms with E-state index in [2.05, 4.69) is 19.9 Å². The topological polar surface area (TPSA) is 86.2 Å². The molecule has 7 heteroatoms. The van der Waals surface area contributed by atoms with Crippen LogP contribution in [0.15, 0.2) is 64.3 Å². The molecule has 0 bridgehead atoms. The predicted molar refractivity (Wildman–Crippen MR) is 131 cm³/mol. The summed E-state index contributed by atoms with van der Waals surface area (Å²) in [6, 6.07) is 13.4. The van der Waals surface area contributed by atoms with Gasteiger partial charge in [0.15, 0.2) is 0 Å². The Morgan fingerprint density at radius 2 is 1.79 bits per heavy atom. The highest BCUT2D eigenvalue weighted by Gasteiger charge is 2.16. The lowest BCUT2D eigenvalue weighted by atomic mass is 10.1. The number of fused-ring (bicyclic) bond motifs is 2. The Balaban J connectivity index is 1.95. The summed E-state index contributed by atoms with van der Waals surface area (Å²) in [4.78, 5) is 37.7. The molecule has 2 aromatic heterocycles. The highest BCUT2D eigenvalue weighted by molar-refractivity contribution is 5.85. The Kier molecular flexibility index (Phi) is 6.05. The van der Waals surface area contributed by atoms with Crippen molar-refractivity contribution in [3.05, 3.63) is 86.7 Å². The van der Waals surface area contributed by atoms with Crippen LogP contribution in [0.5, 0.6) is 0 Å². The molecule has 170 valence electrons. The van der Waals surface area contributed by atoms with E-state index in [9.17, 15) is 14.4 Å². The molecule has 0 unspecified atom stereocenters. The number of hydrogen-bond acceptors (Lipinski definition) is 3. The van der Waals surface area contributed by atoms with Gasteiger partial charge in [0, 0.05) is 30.7 Å². The van der Waals surface area contributed by atoms with Crippen molar-refractivity contribution in [1.29, 1.82) is 0 Å². The molecule has 0 radical (unpaired) electrons. The molecule has 0 saturated heterocycles. The van der Waals surface area contributed by atoms with Crippen molar-refractivity contribution in [3.63, 3.8) is 0 Å². The number of nitrogens with zero attached hydrogens (tertiary/aromatic N) is 3. The minimum absolute atomic E-state index is 0.173. The van der Waals surface area contributed by atoms with E-state index in [-0.39, 0.29) is 19.5 Å². The number of benzene rings is 2. The van der Waals surface area contributed by atoms with Crippen molar-refractivity contribution in [2.24, 2.45) is 13.0 Å². The number of carbonyl (C=O) groups is 1. The normalized spacial score (nSPS) is 11.9. The SMILES string of the molecule is CC(C)/C=C/c1ccc2c(=O)n(CCC(=O)O)c(=O)n(Cc3cn(C)c4ccccc34)c2c1. The molecule has 0 aliphatic carbocycles. The zero-order valence-electron chi connectivity index (χ0n) is 19.0. The second-order valence-electron chi connectivity index (χ2n) is 8.63. The van der Waals surface area contributed by atoms with E-state index in [1.54, 1.807) is 10.6 Å². The highest BCUT2D eigenvalue weighted by atomic mass is 16.4. The van der Waals surface area contributed by atoms with Crippen molar-refractivity contribution in [2.75, 3.05) is 0 Å². The number of aliphatic carboxylic acids is 1. The molecule has 0 atom stereocenters. The summed E-state index contributed by atoms with van der Waals surface area (Å²) in [5.74, 6) is -0.696. The molecule has 2 aromatic carbocycles. The van der Waals surface area contributed by atoms with E-state index in [0.717, 1.165) is 26.6 Å². The number of allylic oxidation sites excluding steroid dienone is 1. The molecule has 0 aliphatic heterocycles. The lowest BCUT2D eigenvalue weighted by molar-refractivity contribution is -0.137. The van der Waals surface area contributed by atoms with Crippen LogP contribution in [0.1, 0.15) is 31.4 Å². The monoisotopic (exact) mass is 445 g/mol. The number of rotatable bonds is 7. The Labute approximate surface area is 190 Å². The summed E-state index contributed by atoms with van der Waals surface area (Å²) in [6.45, 7) is 4.25. The van der Waals surface area contributed by atoms with Crippen LogP contribution in [0, 0.1) is 5.92 Å². The maximum Gasteiger partial charge on any atom is 0.331 e. The number of aryl methyl sites for hydroxylation is 1. The molecule has 4 rings (SSSR count). The van der Waals surface area contributed by atoms with Crippen molar-refractivity contribution < 1.29 is 9.90 Å². The van der Waals surface area contributed by atoms with Crippen LogP contribution < -0.4 is 11.2 Å². The third kappa shape index (κ3) is 4.39. The summed E-state index contributed by atoms with van der Waals surface area (Å²) in [6.07, 6.45) is 5.72. The molecule has 0 spiro atoms. The Hall–Kier alpha value is -3.87. The lowest BCUT2D eigenvalue weighted by Crippen LogP contribution is -2.40. The van der Waals surface area contributed by atoms with Crippen LogP contribution in [0.25, 0.3) is 27.9 Å². The fraction of sp³-hybridized carbons (Fsp3) is 0.269. The first-order valence-corrected chi connectivity index (χ1v) is 11.0. The summed E-state index contributed by atoms with van der Waals surface area (Å²) in [5, 5.41) is 10.5. The molecule has 33 heavy (non-hydrogen) atoms. The smallest absolute Gasteiger partial charge is 0.331 e. The first-order chi connectivity index (χ1) is 15.8. The van der Waals surface area contributed by atoms with Gasteiger partial charge < -0.3 is 9.67 Å². The quantitative estimate of drug-likeness (QED) is 0.468. The summed E-state index contributed by atoms with van der Waals surface area (Å²) in [5.41, 5.74) is 2.45. The van der Waals surface area contributed by atoms with Gasteiger partial charge in [0.2, 0.25) is 0 Å². The number of carboxylic acid groups (broad SMARTS) is 1. The molecular formula is C26H27N3O4. The Morgan fingerprint density at radius 1 is 1.03 bits per heavy atom. The number of aromatic nitrogens is 3. The third-order valence-electron chi connectivity index (χ3n) is 5.78. The van der Waals surface area contributed by atoms with Gasteiger partial charge in [-0.25, -0.2) is 4.79 Å². The van der Waals surface area contributed by atoms with Gasteiger partial charge in [-0.2, -0.15) is 0 Å². The van der Waals surface area contributed by atoms with Crippen LogP contribution in [-0.2, 0) is 24.9 Å². The summed E-state index contributed by atoms with van der Waals surface area (Å²) >= 11 is 0. The standard InChI is InChI=1S/C26H27N3O4/c1-17(2)8-9-18-10-11-21-23(14-18)29(26(33)28(25(21)32)13-12-24(30)31)16-19-15-27(3)22-7-5-4-6-20(19)22/h4-11,14-15,17H,12-13,16H2,1-3H3,(H,30,31)/b9-8+. The second-order valence-corrected chi connectivity index (χ2v) is 8.63. The molecule has 2 heterocycles. The van der Waals surface area contributed by atoms with Gasteiger partial charge in [-0.15, -0.1) is 0 Å². The predicted octanol–water partition coefficient (Wildman–Crippen LogP) is 3.85. The van der Waals surface area contributed by atoms with E-state index in [0.29, 0.717) is 16.8 Å². The molecular weight excluding hydrogens is 418 g/mol. The first kappa shape index (κ1) is 22.3. The van der Waals surface area contributed by atoms with Crippen molar-refractivity contribution in [1.82, 2.24) is 13.7 Å². The van der Waals surface area contributed by atoms with E-state index < -0.39 is 17.2 Å². The average molecular weight is 446 g/mol. The van der Waals surface area contributed by atoms with Gasteiger partial charge in [-0.1, -0.05) is 50.3 Å². The van der Waals surface area contributed by atoms with E-state index in [4.69, 9.17) is 5.11 Å². The summed E-state index contributed by atoms with van der Waals surface area (Å²) < 4.78 is 4.62. The minimum atomic E-state index is -1.06. The Bertz CT molecular complexity index is 1500. The molecule has 0 saturated carbocycles. The maximum absolute atomic E-state index is 13.4. The molecule has 0 aliphatic rings. The highest BCUT2D eigenvalue weighted by Crippen LogP contribution is 2.22. The van der Waals surface area contributed by atoms with Crippen LogP contribution in [0.4, 0.5) is 0 Å². The van der Waals surface area contributed by atoms with E-state index in [1.807, 2.05) is 60.3 Å². The largest absolute Gasteiger partial charge is 0.481 e. The van der Waals surface area contributed by atoms with Gasteiger partial charge >= 0.3 is 11.7 Å². The van der Waals surface area contributed by atoms with Crippen molar-refractivity contribution in [3.8, 4) is 0 Å². The molecule has 0 fully saturated rings. The van der Waals surface area contributed by atoms with Gasteiger partial charge in [0.25, 0.3) is 5.56 Å². The van der Waals surface area contributed by atoms with Gasteiger partial charge in [-0.05, 0) is 35.2 Å². The van der Waals surface area contributed by atoms with Gasteiger partial charge in [0.05, 0.1) is 23.9 Å². The first-order valence-electron chi connectivity index (χ1n) is 11.0. The van der Waals surface area contributed by atoms with Crippen LogP contribution in [0.2, 0.25) is 0 Å². The average Bonchev–Trinajstić information content (AvgIpc) is 3.10. The minimum Gasteiger partial charge on any atom is -0.481 e. The van der Waals surface area contributed by atoms with Crippen molar-refractivity contribution in [2.45, 2.75) is 33.4 Å². The summed E-state index contributed by atoms with van der Waals surface area (Å²) in [7, 11) is 1.95. The fourth-order valence-electron chi connectivity index (χ4n) is 4.12. The Morgan fingerprint density at radius 3 is 2.52 bits per heavy atom. The fourth-order valence-corrected chi connectivity index (χ4v) is 4.12. The van der Waals surface area contributed by atoms with Crippen LogP contribution in [-0.4, -0.2) is 24.8 Å². The van der Waals surface area contributed by atoms with Crippen LogP contribution in [0.3, 0.4) is 0 Å². The molecule has 0 amide bonds. The van der Waals surface area contributed by atoms with E-state index in [1.165, 1.54) is 0 Å². The molecule has 1 N–H and O–H groups in total. The number of carboxylic acids is 1. The van der Waals surface area contributed by atoms with Gasteiger partial charge in [-0.3, -0.25) is 18.7 Å². The number of para-hydroxylation sites is 1. The maximum atomic E-state index is 13.4. The van der Waals surface area contributed by atoms with Crippen LogP contribution >= 0.6 is 0 Å². The zero-order valence-corrected chi connectivity index (χ0v) is 19.0. The van der Waals surface area contributed by atoms with E-state index >= 15 is 0 Å². The zero-order chi connectivity index (χ0) is 23.7. The van der Waals surface area contributed by atoms with Gasteiger partial charge in [0.1, 0.15) is 0 Å².